The van der Waals surface area contributed by atoms with Crippen LogP contribution in [0.3, 0.4) is 0 Å². The lowest BCUT2D eigenvalue weighted by molar-refractivity contribution is -0.139. The van der Waals surface area contributed by atoms with E-state index < -0.39 is 17.9 Å². The van der Waals surface area contributed by atoms with E-state index in [-0.39, 0.29) is 18.1 Å². The van der Waals surface area contributed by atoms with Crippen molar-refractivity contribution in [2.24, 2.45) is 0 Å². The number of allylic oxidation sites excluding steroid dienone is 1. The van der Waals surface area contributed by atoms with Gasteiger partial charge in [0.05, 0.1) is 13.2 Å². The standard InChI is InChI=1S/C11H14N2O5/c1-3-4-5-7(11(15)16)12-10(14)8-6-9(17-2)13-18-8/h3,6-7H,1,4-5H2,2H3,(H,12,14)(H,15,16). The molecule has 1 unspecified atom stereocenters. The van der Waals surface area contributed by atoms with Crippen molar-refractivity contribution in [3.05, 3.63) is 24.5 Å². The van der Waals surface area contributed by atoms with E-state index in [1.165, 1.54) is 13.2 Å². The van der Waals surface area contributed by atoms with Crippen molar-refractivity contribution >= 4 is 11.9 Å². The molecule has 1 amide bonds. The molecule has 7 nitrogen and oxygen atoms in total. The van der Waals surface area contributed by atoms with E-state index in [1.54, 1.807) is 6.08 Å². The number of amides is 1. The van der Waals surface area contributed by atoms with Crippen molar-refractivity contribution < 1.29 is 24.0 Å². The smallest absolute Gasteiger partial charge is 0.326 e. The normalized spacial score (nSPS) is 11.6. The summed E-state index contributed by atoms with van der Waals surface area (Å²) in [4.78, 5) is 22.6. The Labute approximate surface area is 103 Å². The third-order valence-electron chi connectivity index (χ3n) is 2.18. The van der Waals surface area contributed by atoms with Gasteiger partial charge >= 0.3 is 5.97 Å². The van der Waals surface area contributed by atoms with Crippen LogP contribution in [0, 0.1) is 0 Å². The molecule has 98 valence electrons. The summed E-state index contributed by atoms with van der Waals surface area (Å²) < 4.78 is 9.45. The molecule has 2 N–H and O–H groups in total. The Morgan fingerprint density at radius 3 is 2.94 bits per heavy atom. The van der Waals surface area contributed by atoms with E-state index in [1.807, 2.05) is 0 Å². The highest BCUT2D eigenvalue weighted by atomic mass is 16.5. The first kappa shape index (κ1) is 13.8. The molecular formula is C11H14N2O5. The minimum Gasteiger partial charge on any atom is -0.480 e. The van der Waals surface area contributed by atoms with Crippen LogP contribution in [0.4, 0.5) is 0 Å². The maximum absolute atomic E-state index is 11.7. The van der Waals surface area contributed by atoms with Gasteiger partial charge in [-0.05, 0) is 18.0 Å². The molecule has 0 bridgehead atoms. The van der Waals surface area contributed by atoms with Gasteiger partial charge in [0.25, 0.3) is 11.8 Å². The highest BCUT2D eigenvalue weighted by Crippen LogP contribution is 2.11. The molecule has 1 aromatic rings. The topological polar surface area (TPSA) is 102 Å². The second-order valence-corrected chi connectivity index (χ2v) is 3.46. The largest absolute Gasteiger partial charge is 0.480 e. The number of methoxy groups -OCH3 is 1. The number of carboxylic acid groups (broad SMARTS) is 1. The summed E-state index contributed by atoms with van der Waals surface area (Å²) in [6.07, 6.45) is 2.33. The molecule has 7 heteroatoms. The SMILES string of the molecule is C=CCCC(NC(=O)c1cc(OC)no1)C(=O)O. The maximum Gasteiger partial charge on any atom is 0.326 e. The lowest BCUT2D eigenvalue weighted by Crippen LogP contribution is -2.40. The number of aliphatic carboxylic acids is 1. The number of carboxylic acids is 1. The maximum atomic E-state index is 11.7. The van der Waals surface area contributed by atoms with Crippen LogP contribution in [0.2, 0.25) is 0 Å². The van der Waals surface area contributed by atoms with E-state index in [0.717, 1.165) is 0 Å². The summed E-state index contributed by atoms with van der Waals surface area (Å²) in [5.41, 5.74) is 0. The fraction of sp³-hybridized carbons (Fsp3) is 0.364. The molecule has 0 saturated carbocycles. The number of rotatable bonds is 7. The summed E-state index contributed by atoms with van der Waals surface area (Å²) in [7, 11) is 1.38. The number of ether oxygens (including phenoxy) is 1. The number of carbonyl (C=O) groups excluding carboxylic acids is 1. The van der Waals surface area contributed by atoms with Crippen molar-refractivity contribution in [1.29, 1.82) is 0 Å². The average molecular weight is 254 g/mol. The predicted octanol–water partition coefficient (Wildman–Crippen LogP) is 0.832. The van der Waals surface area contributed by atoms with Crippen molar-refractivity contribution in [3.8, 4) is 5.88 Å². The number of hydrogen-bond donors (Lipinski definition) is 2. The molecule has 0 aromatic carbocycles. The Bertz CT molecular complexity index is 440. The molecule has 1 heterocycles. The minimum atomic E-state index is -1.11. The van der Waals surface area contributed by atoms with Crippen LogP contribution < -0.4 is 10.1 Å². The van der Waals surface area contributed by atoms with Gasteiger partial charge in [-0.3, -0.25) is 4.79 Å². The Hall–Kier alpha value is -2.31. The first-order chi connectivity index (χ1) is 8.58. The fourth-order valence-electron chi connectivity index (χ4n) is 1.23. The van der Waals surface area contributed by atoms with Crippen LogP contribution in [0.1, 0.15) is 23.4 Å². The van der Waals surface area contributed by atoms with Crippen molar-refractivity contribution in [2.45, 2.75) is 18.9 Å². The van der Waals surface area contributed by atoms with Crippen molar-refractivity contribution in [2.75, 3.05) is 7.11 Å². The first-order valence-electron chi connectivity index (χ1n) is 5.23. The van der Waals surface area contributed by atoms with Gasteiger partial charge in [0.1, 0.15) is 6.04 Å². The zero-order valence-electron chi connectivity index (χ0n) is 9.88. The van der Waals surface area contributed by atoms with E-state index in [9.17, 15) is 9.59 Å². The van der Waals surface area contributed by atoms with Crippen LogP contribution >= 0.6 is 0 Å². The molecule has 18 heavy (non-hydrogen) atoms. The molecule has 1 aromatic heterocycles. The number of nitrogens with zero attached hydrogens (tertiary/aromatic N) is 1. The van der Waals surface area contributed by atoms with E-state index >= 15 is 0 Å². The molecule has 0 aliphatic rings. The summed E-state index contributed by atoms with van der Waals surface area (Å²) >= 11 is 0. The second-order valence-electron chi connectivity index (χ2n) is 3.46. The van der Waals surface area contributed by atoms with Gasteiger partial charge < -0.3 is 19.7 Å². The van der Waals surface area contributed by atoms with Crippen molar-refractivity contribution in [1.82, 2.24) is 10.5 Å². The highest BCUT2D eigenvalue weighted by molar-refractivity contribution is 5.94. The molecule has 0 fully saturated rings. The number of aromatic nitrogens is 1. The van der Waals surface area contributed by atoms with E-state index in [2.05, 4.69) is 17.1 Å². The Morgan fingerprint density at radius 1 is 1.72 bits per heavy atom. The van der Waals surface area contributed by atoms with Crippen LogP contribution in [0.25, 0.3) is 0 Å². The van der Waals surface area contributed by atoms with Gasteiger partial charge in [-0.2, -0.15) is 0 Å². The summed E-state index contributed by atoms with van der Waals surface area (Å²) in [5, 5.41) is 14.7. The third kappa shape index (κ3) is 3.62. The van der Waals surface area contributed by atoms with Gasteiger partial charge in [-0.25, -0.2) is 4.79 Å². The van der Waals surface area contributed by atoms with Gasteiger partial charge in [0.2, 0.25) is 5.76 Å². The number of nitrogens with one attached hydrogen (secondary N) is 1. The molecule has 1 atom stereocenters. The van der Waals surface area contributed by atoms with Gasteiger partial charge in [-0.1, -0.05) is 6.08 Å². The first-order valence-corrected chi connectivity index (χ1v) is 5.23. The second kappa shape index (κ2) is 6.43. The highest BCUT2D eigenvalue weighted by Gasteiger charge is 2.22. The Balaban J connectivity index is 2.65. The summed E-state index contributed by atoms with van der Waals surface area (Å²) in [6.45, 7) is 3.49. The predicted molar refractivity (Wildman–Crippen MR) is 61.4 cm³/mol. The van der Waals surface area contributed by atoms with Gasteiger partial charge in [0.15, 0.2) is 0 Å². The number of hydrogen-bond acceptors (Lipinski definition) is 5. The lowest BCUT2D eigenvalue weighted by atomic mass is 10.1. The monoisotopic (exact) mass is 254 g/mol. The molecule has 0 aliphatic carbocycles. The van der Waals surface area contributed by atoms with E-state index in [4.69, 9.17) is 14.4 Å². The van der Waals surface area contributed by atoms with Crippen LogP contribution in [0.15, 0.2) is 23.2 Å². The summed E-state index contributed by atoms with van der Waals surface area (Å²) in [6, 6.07) is 0.286. The minimum absolute atomic E-state index is 0.100. The quantitative estimate of drug-likeness (QED) is 0.699. The van der Waals surface area contributed by atoms with Gasteiger partial charge in [0, 0.05) is 0 Å². The molecule has 0 spiro atoms. The van der Waals surface area contributed by atoms with Gasteiger partial charge in [-0.15, -0.1) is 6.58 Å². The average Bonchev–Trinajstić information content (AvgIpc) is 2.82. The van der Waals surface area contributed by atoms with Crippen molar-refractivity contribution in [3.63, 3.8) is 0 Å². The number of carbonyl (C=O) groups is 2. The van der Waals surface area contributed by atoms with E-state index in [0.29, 0.717) is 6.42 Å². The van der Waals surface area contributed by atoms with Crippen LogP contribution in [0.5, 0.6) is 5.88 Å². The molecule has 0 radical (unpaired) electrons. The molecule has 0 aliphatic heterocycles. The zero-order valence-corrected chi connectivity index (χ0v) is 9.88. The fourth-order valence-corrected chi connectivity index (χ4v) is 1.23. The third-order valence-corrected chi connectivity index (χ3v) is 2.18. The molecular weight excluding hydrogens is 240 g/mol. The zero-order chi connectivity index (χ0) is 13.5. The Morgan fingerprint density at radius 2 is 2.44 bits per heavy atom. The summed E-state index contributed by atoms with van der Waals surface area (Å²) in [5.74, 6) is -1.71. The van der Waals surface area contributed by atoms with Crippen LogP contribution in [-0.4, -0.2) is 35.3 Å². The van der Waals surface area contributed by atoms with Crippen LogP contribution in [-0.2, 0) is 4.79 Å². The Kier molecular flexibility index (Phi) is 4.91. The lowest BCUT2D eigenvalue weighted by Gasteiger charge is -2.11. The molecule has 0 saturated heterocycles. The molecule has 1 rings (SSSR count).